The lowest BCUT2D eigenvalue weighted by atomic mass is 10.1. The van der Waals surface area contributed by atoms with Crippen LogP contribution >= 0.6 is 0 Å². The van der Waals surface area contributed by atoms with Crippen LogP contribution < -0.4 is 5.32 Å². The quantitative estimate of drug-likeness (QED) is 0.882. The Kier molecular flexibility index (Phi) is 3.19. The normalized spacial score (nSPS) is 10.4. The van der Waals surface area contributed by atoms with Crippen LogP contribution in [0.25, 0.3) is 0 Å². The van der Waals surface area contributed by atoms with Gasteiger partial charge in [-0.05, 0) is 38.8 Å². The summed E-state index contributed by atoms with van der Waals surface area (Å²) in [4.78, 5) is 16.0. The zero-order valence-corrected chi connectivity index (χ0v) is 11.0. The van der Waals surface area contributed by atoms with Crippen molar-refractivity contribution < 1.29 is 9.21 Å². The number of carbonyl (C=O) groups is 1. The molecule has 1 heterocycles. The highest BCUT2D eigenvalue weighted by atomic mass is 16.3. The number of rotatable bonds is 2. The number of aromatic nitrogens is 1. The van der Waals surface area contributed by atoms with Gasteiger partial charge in [-0.3, -0.25) is 4.79 Å². The van der Waals surface area contributed by atoms with Crippen molar-refractivity contribution in [3.8, 4) is 0 Å². The Morgan fingerprint density at radius 1 is 1.17 bits per heavy atom. The van der Waals surface area contributed by atoms with Gasteiger partial charge in [0.05, 0.1) is 5.69 Å². The molecule has 0 saturated heterocycles. The molecule has 0 saturated carbocycles. The molecule has 1 aromatic heterocycles. The summed E-state index contributed by atoms with van der Waals surface area (Å²) in [5.74, 6) is -0.00516. The average molecular weight is 244 g/mol. The van der Waals surface area contributed by atoms with Gasteiger partial charge in [-0.25, -0.2) is 4.98 Å². The third-order valence-corrected chi connectivity index (χ3v) is 2.87. The molecule has 1 amide bonds. The molecule has 2 aromatic rings. The third-order valence-electron chi connectivity index (χ3n) is 2.87. The maximum Gasteiger partial charge on any atom is 0.293 e. The van der Waals surface area contributed by atoms with E-state index in [0.717, 1.165) is 16.8 Å². The molecule has 0 fully saturated rings. The van der Waals surface area contributed by atoms with Crippen molar-refractivity contribution >= 4 is 11.6 Å². The lowest BCUT2D eigenvalue weighted by Crippen LogP contribution is -2.14. The van der Waals surface area contributed by atoms with E-state index in [4.69, 9.17) is 4.42 Å². The molecule has 0 spiro atoms. The van der Waals surface area contributed by atoms with Crippen LogP contribution in [-0.2, 0) is 0 Å². The molecule has 0 aliphatic rings. The van der Waals surface area contributed by atoms with Gasteiger partial charge in [-0.15, -0.1) is 0 Å². The molecule has 0 bridgehead atoms. The molecule has 0 atom stereocenters. The zero-order chi connectivity index (χ0) is 13.3. The summed E-state index contributed by atoms with van der Waals surface area (Å²) < 4.78 is 5.08. The number of hydrogen-bond acceptors (Lipinski definition) is 3. The van der Waals surface area contributed by atoms with Gasteiger partial charge in [0.2, 0.25) is 5.76 Å². The minimum Gasteiger partial charge on any atom is -0.438 e. The molecule has 2 rings (SSSR count). The van der Waals surface area contributed by atoms with Crippen molar-refractivity contribution in [1.82, 2.24) is 4.98 Å². The number of aryl methyl sites for hydroxylation is 4. The maximum absolute atomic E-state index is 12.0. The lowest BCUT2D eigenvalue weighted by Gasteiger charge is -2.11. The minimum atomic E-state index is -0.264. The van der Waals surface area contributed by atoms with Gasteiger partial charge in [-0.1, -0.05) is 17.7 Å². The number of amides is 1. The van der Waals surface area contributed by atoms with Crippen molar-refractivity contribution in [2.24, 2.45) is 0 Å². The Hall–Kier alpha value is -2.10. The summed E-state index contributed by atoms with van der Waals surface area (Å²) in [6, 6.07) is 4.08. The second kappa shape index (κ2) is 4.64. The van der Waals surface area contributed by atoms with Crippen molar-refractivity contribution in [2.75, 3.05) is 5.32 Å². The summed E-state index contributed by atoms with van der Waals surface area (Å²) >= 11 is 0. The predicted octanol–water partition coefficient (Wildman–Crippen LogP) is 3.16. The summed E-state index contributed by atoms with van der Waals surface area (Å²) in [6.07, 6.45) is 1.28. The van der Waals surface area contributed by atoms with E-state index >= 15 is 0 Å². The summed E-state index contributed by atoms with van der Waals surface area (Å²) in [5, 5.41) is 2.88. The highest BCUT2D eigenvalue weighted by Crippen LogP contribution is 2.22. The molecule has 4 nitrogen and oxygen atoms in total. The van der Waals surface area contributed by atoms with E-state index in [1.165, 1.54) is 12.0 Å². The van der Waals surface area contributed by atoms with Crippen LogP contribution in [0.15, 0.2) is 22.9 Å². The Morgan fingerprint density at radius 3 is 2.28 bits per heavy atom. The summed E-state index contributed by atoms with van der Waals surface area (Å²) in [5.41, 5.74) is 4.69. The number of nitrogens with zero attached hydrogens (tertiary/aromatic N) is 1. The van der Waals surface area contributed by atoms with Gasteiger partial charge in [0, 0.05) is 5.69 Å². The maximum atomic E-state index is 12.0. The molecule has 0 aliphatic carbocycles. The molecule has 0 aliphatic heterocycles. The first kappa shape index (κ1) is 12.4. The molecular formula is C14H16N2O2. The number of anilines is 1. The van der Waals surface area contributed by atoms with Gasteiger partial charge in [0.25, 0.3) is 5.91 Å². The average Bonchev–Trinajstić information content (AvgIpc) is 2.69. The number of nitrogens with one attached hydrogen (secondary N) is 1. The predicted molar refractivity (Wildman–Crippen MR) is 69.8 cm³/mol. The van der Waals surface area contributed by atoms with Crippen LogP contribution in [0.3, 0.4) is 0 Å². The van der Waals surface area contributed by atoms with E-state index in [1.807, 2.05) is 32.9 Å². The first-order valence-corrected chi connectivity index (χ1v) is 5.78. The largest absolute Gasteiger partial charge is 0.438 e. The Bertz CT molecular complexity index is 577. The number of benzene rings is 1. The van der Waals surface area contributed by atoms with E-state index < -0.39 is 0 Å². The van der Waals surface area contributed by atoms with E-state index in [2.05, 4.69) is 10.3 Å². The molecule has 4 heteroatoms. The highest BCUT2D eigenvalue weighted by molar-refractivity contribution is 6.03. The summed E-state index contributed by atoms with van der Waals surface area (Å²) in [7, 11) is 0. The Morgan fingerprint density at radius 2 is 1.78 bits per heavy atom. The Labute approximate surface area is 106 Å². The van der Waals surface area contributed by atoms with Gasteiger partial charge < -0.3 is 9.73 Å². The van der Waals surface area contributed by atoms with Crippen LogP contribution in [0.1, 0.15) is 32.9 Å². The van der Waals surface area contributed by atoms with Crippen LogP contribution in [0.4, 0.5) is 5.69 Å². The molecule has 0 radical (unpaired) electrons. The lowest BCUT2D eigenvalue weighted by molar-refractivity contribution is 0.0995. The highest BCUT2D eigenvalue weighted by Gasteiger charge is 2.15. The van der Waals surface area contributed by atoms with Gasteiger partial charge in [-0.2, -0.15) is 0 Å². The SMILES string of the molecule is Cc1cc(C)c(NC(=O)c2ocnc2C)c(C)c1. The van der Waals surface area contributed by atoms with Gasteiger partial charge >= 0.3 is 0 Å². The minimum absolute atomic E-state index is 0.259. The van der Waals surface area contributed by atoms with Gasteiger partial charge in [0.15, 0.2) is 6.39 Å². The van der Waals surface area contributed by atoms with Gasteiger partial charge in [0.1, 0.15) is 0 Å². The number of oxazole rings is 1. The molecule has 94 valence electrons. The van der Waals surface area contributed by atoms with E-state index in [0.29, 0.717) is 5.69 Å². The topological polar surface area (TPSA) is 55.1 Å². The van der Waals surface area contributed by atoms with Crippen molar-refractivity contribution in [2.45, 2.75) is 27.7 Å². The molecule has 0 unspecified atom stereocenters. The van der Waals surface area contributed by atoms with Crippen molar-refractivity contribution in [3.05, 3.63) is 46.7 Å². The van der Waals surface area contributed by atoms with Crippen LogP contribution in [0.5, 0.6) is 0 Å². The van der Waals surface area contributed by atoms with E-state index in [-0.39, 0.29) is 11.7 Å². The second-order valence-corrected chi connectivity index (χ2v) is 4.49. The smallest absolute Gasteiger partial charge is 0.293 e. The second-order valence-electron chi connectivity index (χ2n) is 4.49. The Balaban J connectivity index is 2.31. The zero-order valence-electron chi connectivity index (χ0n) is 11.0. The molecule has 1 aromatic carbocycles. The van der Waals surface area contributed by atoms with Crippen LogP contribution in [0, 0.1) is 27.7 Å². The molecular weight excluding hydrogens is 228 g/mol. The third kappa shape index (κ3) is 2.27. The number of carbonyl (C=O) groups excluding carboxylic acids is 1. The molecule has 18 heavy (non-hydrogen) atoms. The first-order chi connectivity index (χ1) is 8.49. The van der Waals surface area contributed by atoms with Crippen molar-refractivity contribution in [1.29, 1.82) is 0 Å². The monoisotopic (exact) mass is 244 g/mol. The van der Waals surface area contributed by atoms with Crippen LogP contribution in [0.2, 0.25) is 0 Å². The van der Waals surface area contributed by atoms with Crippen LogP contribution in [-0.4, -0.2) is 10.9 Å². The fourth-order valence-electron chi connectivity index (χ4n) is 2.07. The van der Waals surface area contributed by atoms with E-state index in [1.54, 1.807) is 6.92 Å². The fourth-order valence-corrected chi connectivity index (χ4v) is 2.07. The number of hydrogen-bond donors (Lipinski definition) is 1. The summed E-state index contributed by atoms with van der Waals surface area (Å²) in [6.45, 7) is 7.73. The first-order valence-electron chi connectivity index (χ1n) is 5.78. The molecule has 1 N–H and O–H groups in total. The van der Waals surface area contributed by atoms with Crippen molar-refractivity contribution in [3.63, 3.8) is 0 Å². The standard InChI is InChI=1S/C14H16N2O2/c1-8-5-9(2)12(10(3)6-8)16-14(17)13-11(4)15-7-18-13/h5-7H,1-4H3,(H,16,17). The van der Waals surface area contributed by atoms with E-state index in [9.17, 15) is 4.79 Å². The fraction of sp³-hybridized carbons (Fsp3) is 0.286.